The van der Waals surface area contributed by atoms with Crippen LogP contribution in [0.5, 0.6) is 17.2 Å². The van der Waals surface area contributed by atoms with E-state index in [1.807, 2.05) is 0 Å². The van der Waals surface area contributed by atoms with E-state index >= 15 is 0 Å². The van der Waals surface area contributed by atoms with Crippen molar-refractivity contribution in [3.8, 4) is 17.2 Å². The zero-order valence-electron chi connectivity index (χ0n) is 19.3. The lowest BCUT2D eigenvalue weighted by atomic mass is 9.98. The van der Waals surface area contributed by atoms with Crippen molar-refractivity contribution in [1.82, 2.24) is 0 Å². The monoisotopic (exact) mass is 503 g/mol. The molecule has 1 aliphatic rings. The molecule has 188 valence electrons. The van der Waals surface area contributed by atoms with Crippen molar-refractivity contribution < 1.29 is 46.5 Å². The number of anilines is 1. The van der Waals surface area contributed by atoms with E-state index in [1.54, 1.807) is 19.1 Å². The molecule has 3 aromatic rings. The Labute approximate surface area is 203 Å². The van der Waals surface area contributed by atoms with E-state index in [9.17, 15) is 27.9 Å². The maximum absolute atomic E-state index is 13.2. The highest BCUT2D eigenvalue weighted by Gasteiger charge is 2.48. The lowest BCUT2D eigenvalue weighted by Gasteiger charge is -2.24. The number of aliphatic hydroxyl groups is 1. The summed E-state index contributed by atoms with van der Waals surface area (Å²) in [6.45, 7) is 1.66. The summed E-state index contributed by atoms with van der Waals surface area (Å²) in [5, 5.41) is 11.3. The van der Waals surface area contributed by atoms with Gasteiger partial charge in [0.05, 0.1) is 25.4 Å². The Hall–Kier alpha value is -4.41. The Morgan fingerprint density at radius 1 is 0.972 bits per heavy atom. The fraction of sp³-hybridized carbons (Fsp3) is 0.200. The molecular formula is C25H20F3NO7. The average Bonchev–Trinajstić information content (AvgIpc) is 3.38. The van der Waals surface area contributed by atoms with Crippen LogP contribution in [-0.2, 0) is 9.59 Å². The number of halogens is 3. The van der Waals surface area contributed by atoms with Crippen LogP contribution in [0.15, 0.2) is 64.6 Å². The summed E-state index contributed by atoms with van der Waals surface area (Å²) in [7, 11) is 2.79. The molecule has 11 heteroatoms. The number of carbonyl (C=O) groups excluding carboxylic acids is 2. The average molecular weight is 503 g/mol. The summed E-state index contributed by atoms with van der Waals surface area (Å²) in [6, 6.07) is 10.9. The summed E-state index contributed by atoms with van der Waals surface area (Å²) in [6.07, 6.45) is -4.90. The molecule has 2 aromatic carbocycles. The molecular weight excluding hydrogens is 483 g/mol. The van der Waals surface area contributed by atoms with Crippen LogP contribution >= 0.6 is 0 Å². The Bertz CT molecular complexity index is 1340. The maximum atomic E-state index is 13.2. The Balaban J connectivity index is 1.88. The lowest BCUT2D eigenvalue weighted by molar-refractivity contribution is -0.274. The van der Waals surface area contributed by atoms with Crippen molar-refractivity contribution in [1.29, 1.82) is 0 Å². The molecule has 1 unspecified atom stereocenters. The number of furan rings is 1. The number of nitrogens with zero attached hydrogens (tertiary/aromatic N) is 1. The van der Waals surface area contributed by atoms with Crippen LogP contribution in [-0.4, -0.2) is 37.4 Å². The first-order chi connectivity index (χ1) is 17.0. The molecule has 1 amide bonds. The first kappa shape index (κ1) is 24.7. The number of alkyl halides is 3. The molecule has 1 N–H and O–H groups in total. The Morgan fingerprint density at radius 3 is 2.19 bits per heavy atom. The number of amides is 1. The second kappa shape index (κ2) is 9.33. The third-order valence-electron chi connectivity index (χ3n) is 5.49. The number of aryl methyl sites for hydroxylation is 1. The quantitative estimate of drug-likeness (QED) is 0.283. The number of ether oxygens (including phenoxy) is 3. The highest BCUT2D eigenvalue weighted by atomic mass is 19.4. The molecule has 0 aliphatic carbocycles. The summed E-state index contributed by atoms with van der Waals surface area (Å²) < 4.78 is 57.8. The van der Waals surface area contributed by atoms with Gasteiger partial charge in [-0.3, -0.25) is 14.5 Å². The molecule has 2 heterocycles. The highest BCUT2D eigenvalue weighted by molar-refractivity contribution is 6.51. The van der Waals surface area contributed by atoms with Crippen molar-refractivity contribution in [2.24, 2.45) is 0 Å². The highest BCUT2D eigenvalue weighted by Crippen LogP contribution is 2.44. The predicted molar refractivity (Wildman–Crippen MR) is 121 cm³/mol. The number of methoxy groups -OCH3 is 2. The molecule has 1 aromatic heterocycles. The van der Waals surface area contributed by atoms with Crippen LogP contribution in [0.2, 0.25) is 0 Å². The van der Waals surface area contributed by atoms with Gasteiger partial charge in [0.1, 0.15) is 40.6 Å². The summed E-state index contributed by atoms with van der Waals surface area (Å²) in [5.74, 6) is -1.88. The minimum Gasteiger partial charge on any atom is -0.507 e. The molecule has 1 aliphatic heterocycles. The molecule has 1 fully saturated rings. The predicted octanol–water partition coefficient (Wildman–Crippen LogP) is 5.13. The fourth-order valence-electron chi connectivity index (χ4n) is 3.92. The number of benzene rings is 2. The zero-order chi connectivity index (χ0) is 26.2. The molecule has 8 nitrogen and oxygen atoms in total. The van der Waals surface area contributed by atoms with Gasteiger partial charge in [-0.25, -0.2) is 0 Å². The van der Waals surface area contributed by atoms with E-state index in [0.29, 0.717) is 11.5 Å². The molecule has 1 atom stereocenters. The zero-order valence-corrected chi connectivity index (χ0v) is 19.3. The number of carbonyl (C=O) groups is 2. The van der Waals surface area contributed by atoms with E-state index in [2.05, 4.69) is 4.74 Å². The second-order valence-corrected chi connectivity index (χ2v) is 7.73. The van der Waals surface area contributed by atoms with Crippen LogP contribution in [0.4, 0.5) is 18.9 Å². The number of hydrogen-bond donors (Lipinski definition) is 1. The first-order valence-corrected chi connectivity index (χ1v) is 10.5. The van der Waals surface area contributed by atoms with Crippen molar-refractivity contribution >= 4 is 23.1 Å². The van der Waals surface area contributed by atoms with Crippen molar-refractivity contribution in [2.45, 2.75) is 19.3 Å². The Kier molecular flexibility index (Phi) is 6.40. The summed E-state index contributed by atoms with van der Waals surface area (Å²) >= 11 is 0. The molecule has 0 spiro atoms. The van der Waals surface area contributed by atoms with Gasteiger partial charge < -0.3 is 23.7 Å². The van der Waals surface area contributed by atoms with Crippen LogP contribution in [0.3, 0.4) is 0 Å². The Morgan fingerprint density at radius 2 is 1.64 bits per heavy atom. The van der Waals surface area contributed by atoms with Gasteiger partial charge in [-0.15, -0.1) is 13.2 Å². The molecule has 1 saturated heterocycles. The van der Waals surface area contributed by atoms with Gasteiger partial charge >= 0.3 is 6.36 Å². The normalized spacial score (nSPS) is 17.4. The van der Waals surface area contributed by atoms with Crippen LogP contribution < -0.4 is 19.1 Å². The van der Waals surface area contributed by atoms with Crippen molar-refractivity contribution in [2.75, 3.05) is 19.1 Å². The van der Waals surface area contributed by atoms with Gasteiger partial charge in [-0.1, -0.05) is 0 Å². The number of Topliss-reactive ketones (excluding diaryl/α,β-unsaturated/α-hetero) is 1. The molecule has 0 saturated carbocycles. The summed E-state index contributed by atoms with van der Waals surface area (Å²) in [5.41, 5.74) is -0.115. The van der Waals surface area contributed by atoms with Gasteiger partial charge in [0.15, 0.2) is 0 Å². The van der Waals surface area contributed by atoms with Crippen LogP contribution in [0.25, 0.3) is 5.76 Å². The minimum absolute atomic E-state index is 0.0855. The van der Waals surface area contributed by atoms with Crippen LogP contribution in [0.1, 0.15) is 23.1 Å². The third-order valence-corrected chi connectivity index (χ3v) is 5.49. The topological polar surface area (TPSA) is 98.4 Å². The standard InChI is InChI=1S/C25H20F3NO7/c1-13-4-10-19(35-13)21-20(22(30)17-12-16(33-2)9-11-18(17)34-3)23(31)24(32)29(21)14-5-7-15(8-6-14)36-25(26,27)28/h4-12,21,30H,1-3H3/b22-20+. The third kappa shape index (κ3) is 4.59. The SMILES string of the molecule is COc1ccc(OC)c(/C(O)=C2\C(=O)C(=O)N(c3ccc(OC(F)(F)F)cc3)C2c2ccc(C)o2)c1. The number of aliphatic hydroxyl groups excluding tert-OH is 1. The van der Waals surface area contributed by atoms with E-state index < -0.39 is 35.6 Å². The fourth-order valence-corrected chi connectivity index (χ4v) is 3.92. The summed E-state index contributed by atoms with van der Waals surface area (Å²) in [4.78, 5) is 27.4. The van der Waals surface area contributed by atoms with Crippen molar-refractivity contribution in [3.05, 3.63) is 77.3 Å². The van der Waals surface area contributed by atoms with Gasteiger partial charge in [0.25, 0.3) is 11.7 Å². The van der Waals surface area contributed by atoms with Gasteiger partial charge in [0, 0.05) is 5.69 Å². The van der Waals surface area contributed by atoms with Crippen molar-refractivity contribution in [3.63, 3.8) is 0 Å². The van der Waals surface area contributed by atoms with E-state index in [-0.39, 0.29) is 28.3 Å². The number of rotatable bonds is 6. The largest absolute Gasteiger partial charge is 0.573 e. The minimum atomic E-state index is -4.90. The van der Waals surface area contributed by atoms with E-state index in [1.165, 1.54) is 44.6 Å². The van der Waals surface area contributed by atoms with E-state index in [0.717, 1.165) is 17.0 Å². The maximum Gasteiger partial charge on any atom is 0.573 e. The molecule has 36 heavy (non-hydrogen) atoms. The molecule has 0 radical (unpaired) electrons. The molecule has 0 bridgehead atoms. The number of ketones is 1. The number of hydrogen-bond acceptors (Lipinski definition) is 7. The second-order valence-electron chi connectivity index (χ2n) is 7.73. The van der Waals surface area contributed by atoms with E-state index in [4.69, 9.17) is 13.9 Å². The smallest absolute Gasteiger partial charge is 0.507 e. The van der Waals surface area contributed by atoms with Gasteiger partial charge in [-0.05, 0) is 61.5 Å². The van der Waals surface area contributed by atoms with Crippen LogP contribution in [0, 0.1) is 6.92 Å². The molecule has 4 rings (SSSR count). The lowest BCUT2D eigenvalue weighted by Crippen LogP contribution is -2.29. The van der Waals surface area contributed by atoms with Gasteiger partial charge in [-0.2, -0.15) is 0 Å². The van der Waals surface area contributed by atoms with Gasteiger partial charge in [0.2, 0.25) is 0 Å². The first-order valence-electron chi connectivity index (χ1n) is 10.5.